The van der Waals surface area contributed by atoms with E-state index in [9.17, 15) is 19.1 Å². The summed E-state index contributed by atoms with van der Waals surface area (Å²) in [5.74, 6) is -1.47. The first-order valence-corrected chi connectivity index (χ1v) is 8.64. The second-order valence-corrected chi connectivity index (χ2v) is 7.06. The van der Waals surface area contributed by atoms with Crippen molar-refractivity contribution in [1.82, 2.24) is 4.57 Å². The van der Waals surface area contributed by atoms with Gasteiger partial charge in [0, 0.05) is 5.22 Å². The Morgan fingerprint density at radius 3 is 2.62 bits per heavy atom. The molecule has 0 aliphatic carbocycles. The van der Waals surface area contributed by atoms with E-state index in [-0.39, 0.29) is 21.5 Å². The lowest BCUT2D eigenvalue weighted by Gasteiger charge is -2.08. The maximum Gasteiger partial charge on any atom is 0.315 e. The minimum Gasteiger partial charge on any atom is -0.493 e. The molecule has 0 radical (unpaired) electrons. The number of fused-ring (bicyclic) bond motifs is 1. The van der Waals surface area contributed by atoms with Crippen LogP contribution in [0.25, 0.3) is 11.3 Å². The van der Waals surface area contributed by atoms with Crippen molar-refractivity contribution in [3.8, 4) is 11.6 Å². The Hall–Kier alpha value is -3.06. The van der Waals surface area contributed by atoms with Gasteiger partial charge in [-0.1, -0.05) is 29.0 Å². The van der Waals surface area contributed by atoms with Gasteiger partial charge in [0.25, 0.3) is 5.91 Å². The second-order valence-electron chi connectivity index (χ2n) is 6.10. The minimum atomic E-state index is -0.602. The predicted molar refractivity (Wildman–Crippen MR) is 95.8 cm³/mol. The fraction of sp³-hybridized carbons (Fsp3) is 0.105. The van der Waals surface area contributed by atoms with Crippen LogP contribution in [0, 0.1) is 19.7 Å². The van der Waals surface area contributed by atoms with E-state index in [1.165, 1.54) is 18.2 Å². The summed E-state index contributed by atoms with van der Waals surface area (Å²) < 4.78 is 14.8. The molecule has 2 aromatic carbocycles. The number of hydrogen-bond donors (Lipinski definition) is 1. The third-order valence-electron chi connectivity index (χ3n) is 4.27. The molecule has 1 aliphatic heterocycles. The Balaban J connectivity index is 2.02. The van der Waals surface area contributed by atoms with Crippen LogP contribution >= 0.6 is 11.3 Å². The number of thiazole rings is 1. The van der Waals surface area contributed by atoms with Crippen LogP contribution in [0.2, 0.25) is 0 Å². The third-order valence-corrected chi connectivity index (χ3v) is 5.22. The first kappa shape index (κ1) is 16.4. The van der Waals surface area contributed by atoms with Gasteiger partial charge in [-0.25, -0.2) is 13.9 Å². The molecule has 0 fully saturated rings. The number of aromatic hydroxyl groups is 1. The fourth-order valence-electron chi connectivity index (χ4n) is 3.10. The van der Waals surface area contributed by atoms with Crippen LogP contribution in [0.1, 0.15) is 16.0 Å². The molecule has 130 valence electrons. The Morgan fingerprint density at radius 1 is 1.12 bits per heavy atom. The summed E-state index contributed by atoms with van der Waals surface area (Å²) >= 11 is 0.736. The maximum absolute atomic E-state index is 13.6. The molecule has 7 heteroatoms. The number of halogens is 1. The van der Waals surface area contributed by atoms with Gasteiger partial charge >= 0.3 is 4.87 Å². The number of rotatable bonds is 2. The van der Waals surface area contributed by atoms with Crippen LogP contribution in [-0.2, 0) is 4.79 Å². The summed E-state index contributed by atoms with van der Waals surface area (Å²) in [5.41, 5.74) is 2.41. The Kier molecular flexibility index (Phi) is 3.62. The lowest BCUT2D eigenvalue weighted by Crippen LogP contribution is -2.23. The van der Waals surface area contributed by atoms with Crippen molar-refractivity contribution in [2.75, 3.05) is 0 Å². The lowest BCUT2D eigenvalue weighted by atomic mass is 10.1. The van der Waals surface area contributed by atoms with Crippen LogP contribution in [0.5, 0.6) is 5.88 Å². The molecule has 1 aromatic heterocycles. The molecule has 0 saturated carbocycles. The van der Waals surface area contributed by atoms with Crippen molar-refractivity contribution in [3.63, 3.8) is 0 Å². The van der Waals surface area contributed by atoms with E-state index in [1.807, 2.05) is 26.0 Å². The lowest BCUT2D eigenvalue weighted by molar-refractivity contribution is -0.112. The van der Waals surface area contributed by atoms with E-state index in [1.54, 1.807) is 6.07 Å². The predicted octanol–water partition coefficient (Wildman–Crippen LogP) is 1.72. The number of nitrogens with zero attached hydrogens (tertiary/aromatic N) is 2. The minimum absolute atomic E-state index is 0.0441. The summed E-state index contributed by atoms with van der Waals surface area (Å²) in [7, 11) is 0. The molecule has 0 spiro atoms. The number of amides is 1. The third kappa shape index (κ3) is 2.40. The number of carbonyl (C=O) groups excluding carboxylic acids is 1. The molecule has 4 rings (SSSR count). The highest BCUT2D eigenvalue weighted by Crippen LogP contribution is 2.31. The number of hydrogen-bond acceptors (Lipinski definition) is 4. The average molecular weight is 368 g/mol. The number of benzene rings is 2. The average Bonchev–Trinajstić information content (AvgIpc) is 3.03. The van der Waals surface area contributed by atoms with Gasteiger partial charge in [-0.3, -0.25) is 9.59 Å². The topological polar surface area (TPSA) is 71.7 Å². The summed E-state index contributed by atoms with van der Waals surface area (Å²) in [5, 5.41) is 11.3. The van der Waals surface area contributed by atoms with Crippen molar-refractivity contribution in [1.29, 1.82) is 0 Å². The Bertz CT molecular complexity index is 1270. The van der Waals surface area contributed by atoms with Gasteiger partial charge in [0.05, 0.1) is 16.6 Å². The van der Waals surface area contributed by atoms with Gasteiger partial charge in [-0.2, -0.15) is 0 Å². The van der Waals surface area contributed by atoms with E-state index in [2.05, 4.69) is 4.99 Å². The molecule has 0 saturated heterocycles. The molecule has 1 N–H and O–H groups in total. The molecular formula is C19H13FN2O3S. The first-order valence-electron chi connectivity index (χ1n) is 7.82. The van der Waals surface area contributed by atoms with Gasteiger partial charge in [-0.15, -0.1) is 0 Å². The number of carbonyl (C=O) groups is 1. The summed E-state index contributed by atoms with van der Waals surface area (Å²) in [6.07, 6.45) is 0. The zero-order chi connectivity index (χ0) is 18.6. The maximum atomic E-state index is 13.6. The monoisotopic (exact) mass is 368 g/mol. The van der Waals surface area contributed by atoms with Gasteiger partial charge in [0.2, 0.25) is 5.88 Å². The molecule has 1 amide bonds. The smallest absolute Gasteiger partial charge is 0.315 e. The van der Waals surface area contributed by atoms with Crippen LogP contribution in [0.15, 0.2) is 46.2 Å². The molecule has 3 aromatic rings. The molecule has 5 nitrogen and oxygen atoms in total. The van der Waals surface area contributed by atoms with E-state index in [4.69, 9.17) is 0 Å². The van der Waals surface area contributed by atoms with E-state index < -0.39 is 16.6 Å². The highest BCUT2D eigenvalue weighted by atomic mass is 32.1. The second kappa shape index (κ2) is 5.74. The zero-order valence-corrected chi connectivity index (χ0v) is 14.7. The Morgan fingerprint density at radius 2 is 1.88 bits per heavy atom. The molecule has 1 aliphatic rings. The normalized spacial score (nSPS) is 13.0. The van der Waals surface area contributed by atoms with Gasteiger partial charge in [0.15, 0.2) is 0 Å². The molecule has 2 heterocycles. The molecular weight excluding hydrogens is 355 g/mol. The van der Waals surface area contributed by atoms with Gasteiger partial charge < -0.3 is 5.11 Å². The van der Waals surface area contributed by atoms with Gasteiger partial charge in [-0.05, 0) is 43.7 Å². The summed E-state index contributed by atoms with van der Waals surface area (Å²) in [6.45, 7) is 3.76. The first-order chi connectivity index (χ1) is 12.4. The number of aromatic nitrogens is 1. The van der Waals surface area contributed by atoms with Crippen LogP contribution in [0.3, 0.4) is 0 Å². The fourth-order valence-corrected chi connectivity index (χ4v) is 4.04. The van der Waals surface area contributed by atoms with E-state index in [0.717, 1.165) is 27.0 Å². The molecule has 0 unspecified atom stereocenters. The zero-order valence-electron chi connectivity index (χ0n) is 13.9. The molecule has 26 heavy (non-hydrogen) atoms. The highest BCUT2D eigenvalue weighted by molar-refractivity contribution is 7.11. The standard InChI is InChI=1S/C19H13FN2O3S/c1-9-3-6-14(10(2)7-9)22-18(24)16(26-19(22)25)15-12-8-11(20)4-5-13(12)21-17(15)23/h3-8,24H,1-2H3. The quantitative estimate of drug-likeness (QED) is 0.749. The van der Waals surface area contributed by atoms with Crippen molar-refractivity contribution < 1.29 is 14.3 Å². The van der Waals surface area contributed by atoms with Crippen molar-refractivity contribution in [2.24, 2.45) is 4.99 Å². The van der Waals surface area contributed by atoms with Crippen molar-refractivity contribution >= 4 is 22.8 Å². The van der Waals surface area contributed by atoms with Crippen LogP contribution in [-0.4, -0.2) is 15.6 Å². The van der Waals surface area contributed by atoms with Crippen LogP contribution in [0.4, 0.5) is 4.39 Å². The Labute approximate surface area is 151 Å². The summed E-state index contributed by atoms with van der Waals surface area (Å²) in [4.78, 5) is 28.4. The van der Waals surface area contributed by atoms with E-state index >= 15 is 0 Å². The SMILES string of the molecule is Cc1ccc(-n2c(O)c(C3=c4cc(F)ccc4=NC3=O)sc2=O)c(C)c1. The van der Waals surface area contributed by atoms with E-state index in [0.29, 0.717) is 11.0 Å². The molecule has 0 atom stereocenters. The van der Waals surface area contributed by atoms with Crippen molar-refractivity contribution in [2.45, 2.75) is 13.8 Å². The van der Waals surface area contributed by atoms with Crippen molar-refractivity contribution in [3.05, 3.63) is 78.5 Å². The number of aryl methyl sites for hydroxylation is 2. The van der Waals surface area contributed by atoms with Gasteiger partial charge in [0.1, 0.15) is 10.7 Å². The summed E-state index contributed by atoms with van der Waals surface area (Å²) in [6, 6.07) is 9.26. The molecule has 0 bridgehead atoms. The largest absolute Gasteiger partial charge is 0.493 e. The highest BCUT2D eigenvalue weighted by Gasteiger charge is 2.27. The van der Waals surface area contributed by atoms with Crippen LogP contribution < -0.4 is 15.4 Å².